The summed E-state index contributed by atoms with van der Waals surface area (Å²) in [4.78, 5) is 32.4. The molecule has 0 radical (unpaired) electrons. The Hall–Kier alpha value is -2.94. The molecular weight excluding hydrogens is 787 g/mol. The van der Waals surface area contributed by atoms with Crippen LogP contribution in [0.4, 0.5) is 0 Å². The second-order valence-corrected chi connectivity index (χ2v) is 17.8. The molecule has 0 aliphatic carbocycles. The van der Waals surface area contributed by atoms with E-state index in [0.717, 1.165) is 17.4 Å². The number of piperidine rings is 1. The molecule has 2 amide bonds. The molecule has 300 valence electrons. The molecule has 15 heteroatoms. The number of hydrogen-bond acceptors (Lipinski definition) is 9. The standard InChI is InChI=1S/C40H51Cl3N4O7S/c1-7-54-34-26-33(43)35(55(6,50)51)25-32(34)40(37(49)47-18-16-27(17-19-47)24-36(48)46(20-22-52-4)21-23-53-5)44-38(2,28-8-12-30(41)13-9-28)39(3,45-40)29-10-14-31(42)15-11-29/h8-15,25-27,44-45H,7,16-24H2,1-6H3/t38-,39+,40?. The number of carbonyl (C=O) groups excluding carboxylic acids is 2. The predicted octanol–water partition coefficient (Wildman–Crippen LogP) is 6.38. The van der Waals surface area contributed by atoms with Gasteiger partial charge in [-0.1, -0.05) is 59.1 Å². The summed E-state index contributed by atoms with van der Waals surface area (Å²) in [5.74, 6) is -0.0168. The average molecular weight is 838 g/mol. The Labute approximate surface area is 339 Å². The minimum atomic E-state index is -3.85. The maximum absolute atomic E-state index is 15.6. The fraction of sp³-hybridized carbons (Fsp3) is 0.500. The molecule has 11 nitrogen and oxygen atoms in total. The summed E-state index contributed by atoms with van der Waals surface area (Å²) in [5.41, 5.74) is -1.92. The highest BCUT2D eigenvalue weighted by Gasteiger charge is 2.65. The maximum Gasteiger partial charge on any atom is 0.262 e. The van der Waals surface area contributed by atoms with Gasteiger partial charge in [-0.15, -0.1) is 0 Å². The van der Waals surface area contributed by atoms with Crippen LogP contribution in [-0.4, -0.2) is 96.5 Å². The Morgan fingerprint density at radius 3 is 1.78 bits per heavy atom. The molecule has 2 fully saturated rings. The number of nitrogens with one attached hydrogen (secondary N) is 2. The number of sulfone groups is 1. The van der Waals surface area contributed by atoms with Crippen LogP contribution in [0, 0.1) is 5.92 Å². The zero-order chi connectivity index (χ0) is 40.2. The summed E-state index contributed by atoms with van der Waals surface area (Å²) in [5, 5.41) is 8.57. The van der Waals surface area contributed by atoms with Crippen molar-refractivity contribution >= 4 is 56.5 Å². The smallest absolute Gasteiger partial charge is 0.262 e. The van der Waals surface area contributed by atoms with Crippen LogP contribution in [0.2, 0.25) is 15.1 Å². The van der Waals surface area contributed by atoms with Crippen molar-refractivity contribution in [2.24, 2.45) is 5.92 Å². The SMILES string of the molecule is CCOc1cc(Cl)c(S(C)(=O)=O)cc1C1(C(=O)N2CCC(CC(=O)N(CCOC)CCOC)CC2)N[C@@](C)(c2ccc(Cl)cc2)[C@@](C)(c2ccc(Cl)cc2)N1. The van der Waals surface area contributed by atoms with Gasteiger partial charge in [-0.05, 0) is 81.0 Å². The third-order valence-electron chi connectivity index (χ3n) is 11.0. The number of benzene rings is 3. The Morgan fingerprint density at radius 2 is 1.35 bits per heavy atom. The summed E-state index contributed by atoms with van der Waals surface area (Å²) in [7, 11) is -0.646. The van der Waals surface area contributed by atoms with Gasteiger partial charge < -0.3 is 24.0 Å². The molecule has 2 saturated heterocycles. The number of ether oxygens (including phenoxy) is 3. The molecule has 2 aliphatic rings. The van der Waals surface area contributed by atoms with Crippen LogP contribution in [-0.2, 0) is 45.6 Å². The van der Waals surface area contributed by atoms with Gasteiger partial charge >= 0.3 is 0 Å². The first-order valence-electron chi connectivity index (χ1n) is 18.4. The van der Waals surface area contributed by atoms with E-state index >= 15 is 4.79 Å². The van der Waals surface area contributed by atoms with Gasteiger partial charge in [-0.3, -0.25) is 20.2 Å². The highest BCUT2D eigenvalue weighted by molar-refractivity contribution is 7.90. The van der Waals surface area contributed by atoms with Crippen LogP contribution in [0.15, 0.2) is 65.6 Å². The van der Waals surface area contributed by atoms with E-state index in [1.54, 1.807) is 55.2 Å². The van der Waals surface area contributed by atoms with Crippen molar-refractivity contribution in [2.75, 3.05) is 66.5 Å². The molecule has 5 rings (SSSR count). The van der Waals surface area contributed by atoms with Crippen molar-refractivity contribution in [2.45, 2.75) is 61.7 Å². The number of nitrogens with zero attached hydrogens (tertiary/aromatic N) is 2. The molecule has 2 aliphatic heterocycles. The van der Waals surface area contributed by atoms with Crippen LogP contribution in [0.1, 0.15) is 56.7 Å². The summed E-state index contributed by atoms with van der Waals surface area (Å²) >= 11 is 19.4. The average Bonchev–Trinajstić information content (AvgIpc) is 3.40. The van der Waals surface area contributed by atoms with Gasteiger partial charge in [0.15, 0.2) is 15.5 Å². The van der Waals surface area contributed by atoms with Crippen LogP contribution >= 0.6 is 34.8 Å². The van der Waals surface area contributed by atoms with E-state index in [9.17, 15) is 13.2 Å². The molecule has 0 bridgehead atoms. The highest BCUT2D eigenvalue weighted by Crippen LogP contribution is 2.52. The second-order valence-electron chi connectivity index (χ2n) is 14.6. The van der Waals surface area contributed by atoms with E-state index in [2.05, 4.69) is 10.6 Å². The zero-order valence-corrected chi connectivity index (χ0v) is 35.3. The first-order chi connectivity index (χ1) is 26.0. The molecule has 2 N–H and O–H groups in total. The van der Waals surface area contributed by atoms with Gasteiger partial charge in [0.25, 0.3) is 5.91 Å². The van der Waals surface area contributed by atoms with Crippen molar-refractivity contribution in [1.82, 2.24) is 20.4 Å². The molecule has 3 atom stereocenters. The Morgan fingerprint density at radius 1 is 0.855 bits per heavy atom. The quantitative estimate of drug-likeness (QED) is 0.180. The van der Waals surface area contributed by atoms with Gasteiger partial charge in [-0.25, -0.2) is 8.42 Å². The third-order valence-corrected chi connectivity index (χ3v) is 13.1. The predicted molar refractivity (Wildman–Crippen MR) is 216 cm³/mol. The lowest BCUT2D eigenvalue weighted by molar-refractivity contribution is -0.142. The Bertz CT molecular complexity index is 1880. The largest absolute Gasteiger partial charge is 0.493 e. The maximum atomic E-state index is 15.6. The normalized spacial score (nSPS) is 23.2. The van der Waals surface area contributed by atoms with E-state index in [-0.39, 0.29) is 45.6 Å². The summed E-state index contributed by atoms with van der Waals surface area (Å²) < 4.78 is 43.0. The molecule has 0 aromatic heterocycles. The second kappa shape index (κ2) is 17.7. The van der Waals surface area contributed by atoms with E-state index < -0.39 is 26.6 Å². The summed E-state index contributed by atoms with van der Waals surface area (Å²) in [6, 6.07) is 17.7. The molecule has 3 aromatic rings. The first-order valence-corrected chi connectivity index (χ1v) is 21.4. The van der Waals surface area contributed by atoms with Crippen LogP contribution in [0.3, 0.4) is 0 Å². The number of likely N-dealkylation sites (tertiary alicyclic amines) is 1. The van der Waals surface area contributed by atoms with Crippen molar-refractivity contribution in [1.29, 1.82) is 0 Å². The third kappa shape index (κ3) is 8.97. The minimum absolute atomic E-state index is 0.0164. The van der Waals surface area contributed by atoms with Gasteiger partial charge in [0.1, 0.15) is 5.75 Å². The lowest BCUT2D eigenvalue weighted by Gasteiger charge is -2.41. The van der Waals surface area contributed by atoms with Crippen molar-refractivity contribution in [3.05, 3.63) is 92.4 Å². The van der Waals surface area contributed by atoms with Crippen molar-refractivity contribution in [3.63, 3.8) is 0 Å². The fourth-order valence-corrected chi connectivity index (χ4v) is 9.35. The monoisotopic (exact) mass is 836 g/mol. The molecule has 55 heavy (non-hydrogen) atoms. The number of halogens is 3. The number of hydrogen-bond donors (Lipinski definition) is 2. The molecule has 1 unspecified atom stereocenters. The van der Waals surface area contributed by atoms with Crippen LogP contribution in [0.5, 0.6) is 5.75 Å². The number of carbonyl (C=O) groups is 2. The number of methoxy groups -OCH3 is 2. The van der Waals surface area contributed by atoms with E-state index in [1.807, 2.05) is 38.1 Å². The summed E-state index contributed by atoms with van der Waals surface area (Å²) in [6.07, 6.45) is 2.60. The Balaban J connectivity index is 1.62. The lowest BCUT2D eigenvalue weighted by atomic mass is 9.72. The van der Waals surface area contributed by atoms with Crippen molar-refractivity contribution in [3.8, 4) is 5.75 Å². The summed E-state index contributed by atoms with van der Waals surface area (Å²) in [6.45, 7) is 8.52. The molecular formula is C40H51Cl3N4O7S. The molecule has 2 heterocycles. The van der Waals surface area contributed by atoms with E-state index in [1.165, 1.54) is 12.1 Å². The van der Waals surface area contributed by atoms with Crippen molar-refractivity contribution < 1.29 is 32.2 Å². The Kier molecular flexibility index (Phi) is 13.9. The van der Waals surface area contributed by atoms with Crippen LogP contribution in [0.25, 0.3) is 0 Å². The topological polar surface area (TPSA) is 127 Å². The molecule has 0 spiro atoms. The van der Waals surface area contributed by atoms with Gasteiger partial charge in [0.05, 0.1) is 40.8 Å². The molecule has 3 aromatic carbocycles. The van der Waals surface area contributed by atoms with E-state index in [4.69, 9.17) is 49.0 Å². The van der Waals surface area contributed by atoms with Crippen LogP contribution < -0.4 is 15.4 Å². The van der Waals surface area contributed by atoms with Gasteiger partial charge in [0.2, 0.25) is 5.91 Å². The molecule has 0 saturated carbocycles. The van der Waals surface area contributed by atoms with Gasteiger partial charge in [0, 0.05) is 74.8 Å². The number of amides is 2. The minimum Gasteiger partial charge on any atom is -0.493 e. The van der Waals surface area contributed by atoms with E-state index in [0.29, 0.717) is 68.7 Å². The fourth-order valence-electron chi connectivity index (χ4n) is 7.78. The number of rotatable bonds is 15. The zero-order valence-electron chi connectivity index (χ0n) is 32.2. The highest BCUT2D eigenvalue weighted by atomic mass is 35.5. The first kappa shape index (κ1) is 43.2. The lowest BCUT2D eigenvalue weighted by Crippen LogP contribution is -2.61. The van der Waals surface area contributed by atoms with Gasteiger partial charge in [-0.2, -0.15) is 0 Å².